The molecule has 0 aromatic heterocycles. The van der Waals surface area contributed by atoms with Gasteiger partial charge in [-0.1, -0.05) is 19.9 Å². The molecule has 0 heterocycles. The monoisotopic (exact) mass is 498 g/mol. The van der Waals surface area contributed by atoms with Crippen LogP contribution in [-0.4, -0.2) is 64.6 Å². The number of likely N-dealkylation sites (N-methyl/N-ethyl adjacent to an activating group) is 1. The van der Waals surface area contributed by atoms with Crippen molar-refractivity contribution in [2.24, 2.45) is 5.92 Å². The number of benzene rings is 2. The fraction of sp³-hybridized carbons (Fsp3) is 0.500. The molecule has 36 heavy (non-hydrogen) atoms. The Morgan fingerprint density at radius 3 is 2.08 bits per heavy atom. The SMILES string of the molecule is COc1ccc(C(C#N)(CCCN(C)CCc2cc(OC)c(OC)cc2C(=O)O)C(C)C)cc1OC. The van der Waals surface area contributed by atoms with Crippen molar-refractivity contribution in [1.82, 2.24) is 4.90 Å². The standard InChI is InChI=1S/C28H38N2O6/c1-19(2)28(18-29,21-9-10-23(33-4)25(16-21)35-6)12-8-13-30(3)14-11-20-15-24(34-5)26(36-7)17-22(20)27(31)32/h9-10,15-17,19H,8,11-14H2,1-7H3,(H,31,32). The highest BCUT2D eigenvalue weighted by molar-refractivity contribution is 5.90. The maximum Gasteiger partial charge on any atom is 0.336 e. The molecular formula is C28H38N2O6. The van der Waals surface area contributed by atoms with Gasteiger partial charge in [-0.05, 0) is 74.2 Å². The fourth-order valence-corrected chi connectivity index (χ4v) is 4.51. The number of aromatic carboxylic acids is 1. The van der Waals surface area contributed by atoms with Crippen molar-refractivity contribution in [3.8, 4) is 29.1 Å². The van der Waals surface area contributed by atoms with Crippen LogP contribution in [0.1, 0.15) is 48.2 Å². The van der Waals surface area contributed by atoms with Crippen LogP contribution in [0.25, 0.3) is 0 Å². The van der Waals surface area contributed by atoms with Gasteiger partial charge in [-0.3, -0.25) is 0 Å². The number of carboxylic acids is 1. The number of nitrogens with zero attached hydrogens (tertiary/aromatic N) is 2. The smallest absolute Gasteiger partial charge is 0.336 e. The first kappa shape index (κ1) is 28.8. The summed E-state index contributed by atoms with van der Waals surface area (Å²) in [4.78, 5) is 13.9. The van der Waals surface area contributed by atoms with Crippen molar-refractivity contribution in [2.75, 3.05) is 48.6 Å². The van der Waals surface area contributed by atoms with Gasteiger partial charge in [0, 0.05) is 6.54 Å². The van der Waals surface area contributed by atoms with Crippen LogP contribution in [0.3, 0.4) is 0 Å². The Balaban J connectivity index is 2.12. The summed E-state index contributed by atoms with van der Waals surface area (Å²) in [6.45, 7) is 5.55. The lowest BCUT2D eigenvalue weighted by Crippen LogP contribution is -2.32. The molecule has 0 radical (unpaired) electrons. The minimum absolute atomic E-state index is 0.0933. The Labute approximate surface area is 214 Å². The van der Waals surface area contributed by atoms with Crippen LogP contribution in [-0.2, 0) is 11.8 Å². The van der Waals surface area contributed by atoms with E-state index in [2.05, 4.69) is 24.8 Å². The molecule has 0 bridgehead atoms. The van der Waals surface area contributed by atoms with Gasteiger partial charge in [-0.2, -0.15) is 5.26 Å². The Kier molecular flexibility index (Phi) is 10.4. The van der Waals surface area contributed by atoms with Gasteiger partial charge in [0.1, 0.15) is 0 Å². The van der Waals surface area contributed by atoms with E-state index in [4.69, 9.17) is 18.9 Å². The van der Waals surface area contributed by atoms with Gasteiger partial charge in [0.05, 0.1) is 45.5 Å². The summed E-state index contributed by atoms with van der Waals surface area (Å²) >= 11 is 0. The molecule has 1 N–H and O–H groups in total. The molecule has 2 aromatic carbocycles. The average Bonchev–Trinajstić information content (AvgIpc) is 2.88. The quantitative estimate of drug-likeness (QED) is 0.397. The molecule has 0 fully saturated rings. The molecule has 8 nitrogen and oxygen atoms in total. The first-order valence-electron chi connectivity index (χ1n) is 12.0. The van der Waals surface area contributed by atoms with Crippen molar-refractivity contribution in [2.45, 2.75) is 38.5 Å². The summed E-state index contributed by atoms with van der Waals surface area (Å²) < 4.78 is 21.4. The molecule has 0 aliphatic carbocycles. The van der Waals surface area contributed by atoms with E-state index in [1.165, 1.54) is 20.3 Å². The van der Waals surface area contributed by atoms with Gasteiger partial charge in [-0.25, -0.2) is 4.79 Å². The lowest BCUT2D eigenvalue weighted by atomic mass is 9.69. The Hall–Kier alpha value is -3.44. The summed E-state index contributed by atoms with van der Waals surface area (Å²) in [7, 11) is 8.20. The number of hydrogen-bond donors (Lipinski definition) is 1. The van der Waals surface area contributed by atoms with Crippen LogP contribution in [0.4, 0.5) is 0 Å². The molecule has 0 saturated carbocycles. The predicted molar refractivity (Wildman–Crippen MR) is 139 cm³/mol. The zero-order valence-corrected chi connectivity index (χ0v) is 22.4. The van der Waals surface area contributed by atoms with Crippen LogP contribution in [0.15, 0.2) is 30.3 Å². The minimum atomic E-state index is -1.00. The van der Waals surface area contributed by atoms with Crippen LogP contribution in [0, 0.1) is 17.2 Å². The average molecular weight is 499 g/mol. The normalized spacial score (nSPS) is 12.7. The molecule has 0 aliphatic heterocycles. The van der Waals surface area contributed by atoms with Crippen molar-refractivity contribution in [3.63, 3.8) is 0 Å². The lowest BCUT2D eigenvalue weighted by molar-refractivity contribution is 0.0695. The lowest BCUT2D eigenvalue weighted by Gasteiger charge is -2.32. The highest BCUT2D eigenvalue weighted by Crippen LogP contribution is 2.40. The third-order valence-corrected chi connectivity index (χ3v) is 6.80. The Bertz CT molecular complexity index is 1080. The second kappa shape index (κ2) is 13.0. The Morgan fingerprint density at radius 1 is 0.972 bits per heavy atom. The highest BCUT2D eigenvalue weighted by atomic mass is 16.5. The zero-order valence-electron chi connectivity index (χ0n) is 22.4. The molecule has 0 spiro atoms. The van der Waals surface area contributed by atoms with Crippen molar-refractivity contribution in [1.29, 1.82) is 5.26 Å². The summed E-state index contributed by atoms with van der Waals surface area (Å²) in [5, 5.41) is 19.9. The van der Waals surface area contributed by atoms with Crippen LogP contribution in [0.2, 0.25) is 0 Å². The summed E-state index contributed by atoms with van der Waals surface area (Å²) in [6, 6.07) is 11.5. The largest absolute Gasteiger partial charge is 0.493 e. The second-order valence-electron chi connectivity index (χ2n) is 9.13. The van der Waals surface area contributed by atoms with Gasteiger partial charge in [-0.15, -0.1) is 0 Å². The molecule has 1 unspecified atom stereocenters. The first-order valence-corrected chi connectivity index (χ1v) is 12.0. The number of ether oxygens (including phenoxy) is 4. The molecule has 8 heteroatoms. The molecule has 1 atom stereocenters. The maximum absolute atomic E-state index is 11.8. The molecule has 0 saturated heterocycles. The van der Waals surface area contributed by atoms with E-state index in [0.29, 0.717) is 47.9 Å². The third-order valence-electron chi connectivity index (χ3n) is 6.80. The van der Waals surface area contributed by atoms with Crippen LogP contribution >= 0.6 is 0 Å². The van der Waals surface area contributed by atoms with Gasteiger partial charge >= 0.3 is 5.97 Å². The fourth-order valence-electron chi connectivity index (χ4n) is 4.51. The van der Waals surface area contributed by atoms with E-state index >= 15 is 0 Å². The molecule has 2 aromatic rings. The number of nitriles is 1. The van der Waals surface area contributed by atoms with Gasteiger partial charge in [0.25, 0.3) is 0 Å². The number of hydrogen-bond acceptors (Lipinski definition) is 7. The molecule has 2 rings (SSSR count). The minimum Gasteiger partial charge on any atom is -0.493 e. The van der Waals surface area contributed by atoms with Crippen LogP contribution in [0.5, 0.6) is 23.0 Å². The van der Waals surface area contributed by atoms with Crippen LogP contribution < -0.4 is 18.9 Å². The van der Waals surface area contributed by atoms with Gasteiger partial charge < -0.3 is 29.0 Å². The number of carbonyl (C=O) groups is 1. The number of carboxylic acid groups (broad SMARTS) is 1. The summed E-state index contributed by atoms with van der Waals surface area (Å²) in [5.41, 5.74) is 1.14. The van der Waals surface area contributed by atoms with Crippen molar-refractivity contribution in [3.05, 3.63) is 47.0 Å². The molecular weight excluding hydrogens is 460 g/mol. The first-order chi connectivity index (χ1) is 17.2. The van der Waals surface area contributed by atoms with E-state index in [1.54, 1.807) is 20.3 Å². The highest BCUT2D eigenvalue weighted by Gasteiger charge is 2.36. The topological polar surface area (TPSA) is 101 Å². The van der Waals surface area contributed by atoms with E-state index in [0.717, 1.165) is 18.5 Å². The molecule has 0 aliphatic rings. The summed E-state index contributed by atoms with van der Waals surface area (Å²) in [6.07, 6.45) is 2.02. The van der Waals surface area contributed by atoms with E-state index in [9.17, 15) is 15.2 Å². The second-order valence-corrected chi connectivity index (χ2v) is 9.13. The Morgan fingerprint density at radius 2 is 1.56 bits per heavy atom. The number of methoxy groups -OCH3 is 4. The number of rotatable bonds is 14. The van der Waals surface area contributed by atoms with E-state index < -0.39 is 11.4 Å². The van der Waals surface area contributed by atoms with E-state index in [1.807, 2.05) is 25.2 Å². The predicted octanol–water partition coefficient (Wildman–Crippen LogP) is 4.79. The third kappa shape index (κ3) is 6.41. The molecule has 0 amide bonds. The van der Waals surface area contributed by atoms with Gasteiger partial charge in [0.15, 0.2) is 23.0 Å². The maximum atomic E-state index is 11.8. The summed E-state index contributed by atoms with van der Waals surface area (Å²) in [5.74, 6) is 1.23. The van der Waals surface area contributed by atoms with Crippen molar-refractivity contribution >= 4 is 5.97 Å². The van der Waals surface area contributed by atoms with Gasteiger partial charge in [0.2, 0.25) is 0 Å². The molecule has 196 valence electrons. The van der Waals surface area contributed by atoms with E-state index in [-0.39, 0.29) is 11.5 Å². The zero-order chi connectivity index (χ0) is 26.9. The van der Waals surface area contributed by atoms with Crippen molar-refractivity contribution < 1.29 is 28.8 Å².